The van der Waals surface area contributed by atoms with Crippen LogP contribution in [0.3, 0.4) is 0 Å². The standard InChI is InChI=1S/C50H94NO8P/c1-3-5-7-9-11-13-15-17-19-21-22-23-24-25-27-28-30-32-34-36-38-40-42-49(52)56-46-48(47-58-60(54,55)57-45-44-51)59-50(53)43-41-39-37-35-33-31-29-26-20-18-16-14-12-10-8-6-4-2/h18,20,29,31,35,37,48H,3-17,19,21-28,30,32-34,36,38-47,51H2,1-2H3,(H,54,55)/b20-18+,31-29+,37-35+/t48-/m1/s1. The molecule has 1 unspecified atom stereocenters. The number of hydrogen-bond acceptors (Lipinski definition) is 8. The summed E-state index contributed by atoms with van der Waals surface area (Å²) in [5, 5.41) is 0. The van der Waals surface area contributed by atoms with Crippen LogP contribution in [0.15, 0.2) is 36.5 Å². The van der Waals surface area contributed by atoms with E-state index in [0.29, 0.717) is 6.42 Å². The maximum absolute atomic E-state index is 12.6. The van der Waals surface area contributed by atoms with Crippen molar-refractivity contribution in [1.82, 2.24) is 0 Å². The highest BCUT2D eigenvalue weighted by Gasteiger charge is 2.26. The van der Waals surface area contributed by atoms with Crippen molar-refractivity contribution in [3.63, 3.8) is 0 Å². The molecular weight excluding hydrogens is 774 g/mol. The molecule has 0 fully saturated rings. The summed E-state index contributed by atoms with van der Waals surface area (Å²) in [5.74, 6) is -0.880. The molecule has 0 aromatic heterocycles. The first kappa shape index (κ1) is 58.2. The number of carbonyl (C=O) groups excluding carboxylic acids is 2. The molecule has 2 atom stereocenters. The molecule has 0 aromatic rings. The lowest BCUT2D eigenvalue weighted by atomic mass is 10.0. The smallest absolute Gasteiger partial charge is 0.462 e. The Labute approximate surface area is 369 Å². The van der Waals surface area contributed by atoms with Crippen molar-refractivity contribution in [3.05, 3.63) is 36.5 Å². The van der Waals surface area contributed by atoms with E-state index in [9.17, 15) is 19.0 Å². The first-order valence-electron chi connectivity index (χ1n) is 25.0. The fourth-order valence-electron chi connectivity index (χ4n) is 7.06. The predicted molar refractivity (Wildman–Crippen MR) is 252 cm³/mol. The van der Waals surface area contributed by atoms with Gasteiger partial charge in [0.25, 0.3) is 0 Å². The van der Waals surface area contributed by atoms with Gasteiger partial charge in [0.05, 0.1) is 13.2 Å². The second kappa shape index (κ2) is 46.7. The molecular formula is C50H94NO8P. The largest absolute Gasteiger partial charge is 0.472 e. The lowest BCUT2D eigenvalue weighted by Crippen LogP contribution is -2.29. The van der Waals surface area contributed by atoms with Crippen molar-refractivity contribution in [1.29, 1.82) is 0 Å². The predicted octanol–water partition coefficient (Wildman–Crippen LogP) is 14.9. The second-order valence-electron chi connectivity index (χ2n) is 16.7. The van der Waals surface area contributed by atoms with E-state index in [1.165, 1.54) is 161 Å². The first-order chi connectivity index (χ1) is 29.3. The van der Waals surface area contributed by atoms with E-state index in [1.807, 2.05) is 6.08 Å². The van der Waals surface area contributed by atoms with E-state index >= 15 is 0 Å². The molecule has 0 rings (SSSR count). The molecule has 0 aromatic carbocycles. The number of phosphoric acid groups is 1. The van der Waals surface area contributed by atoms with Crippen LogP contribution in [0.1, 0.15) is 239 Å². The average Bonchev–Trinajstić information content (AvgIpc) is 3.24. The van der Waals surface area contributed by atoms with E-state index in [2.05, 4.69) is 44.2 Å². The van der Waals surface area contributed by atoms with Gasteiger partial charge in [-0.1, -0.05) is 217 Å². The Morgan fingerprint density at radius 2 is 0.883 bits per heavy atom. The minimum absolute atomic E-state index is 0.0466. The fourth-order valence-corrected chi connectivity index (χ4v) is 7.83. The topological polar surface area (TPSA) is 134 Å². The molecule has 0 aliphatic rings. The normalized spacial score (nSPS) is 13.5. The highest BCUT2D eigenvalue weighted by atomic mass is 31.2. The Morgan fingerprint density at radius 3 is 1.33 bits per heavy atom. The molecule has 10 heteroatoms. The lowest BCUT2D eigenvalue weighted by molar-refractivity contribution is -0.161. The number of rotatable bonds is 47. The minimum atomic E-state index is -4.39. The number of phosphoric ester groups is 1. The molecule has 0 saturated heterocycles. The number of esters is 2. The third-order valence-electron chi connectivity index (χ3n) is 10.8. The monoisotopic (exact) mass is 868 g/mol. The molecule has 0 heterocycles. The molecule has 3 N–H and O–H groups in total. The van der Waals surface area contributed by atoms with Crippen LogP contribution in [0.25, 0.3) is 0 Å². The summed E-state index contributed by atoms with van der Waals surface area (Å²) >= 11 is 0. The van der Waals surface area contributed by atoms with Crippen molar-refractivity contribution in [2.24, 2.45) is 5.73 Å². The van der Waals surface area contributed by atoms with Gasteiger partial charge in [0.2, 0.25) is 0 Å². The van der Waals surface area contributed by atoms with Crippen LogP contribution in [-0.4, -0.2) is 49.3 Å². The summed E-state index contributed by atoms with van der Waals surface area (Å²) in [5.41, 5.74) is 5.36. The number of carbonyl (C=O) groups is 2. The Balaban J connectivity index is 4.08. The Kier molecular flexibility index (Phi) is 45.3. The van der Waals surface area contributed by atoms with Gasteiger partial charge in [0.1, 0.15) is 6.61 Å². The van der Waals surface area contributed by atoms with Crippen LogP contribution in [0.2, 0.25) is 0 Å². The van der Waals surface area contributed by atoms with Crippen LogP contribution in [0.4, 0.5) is 0 Å². The molecule has 0 saturated carbocycles. The van der Waals surface area contributed by atoms with Gasteiger partial charge in [0.15, 0.2) is 6.10 Å². The van der Waals surface area contributed by atoms with Gasteiger partial charge in [-0.05, 0) is 44.9 Å². The van der Waals surface area contributed by atoms with E-state index in [1.54, 1.807) is 0 Å². The molecule has 0 spiro atoms. The average molecular weight is 868 g/mol. The van der Waals surface area contributed by atoms with Gasteiger partial charge in [-0.25, -0.2) is 4.57 Å². The highest BCUT2D eigenvalue weighted by Crippen LogP contribution is 2.43. The van der Waals surface area contributed by atoms with Gasteiger partial charge >= 0.3 is 19.8 Å². The number of ether oxygens (including phenoxy) is 2. The zero-order valence-electron chi connectivity index (χ0n) is 38.9. The van der Waals surface area contributed by atoms with Gasteiger partial charge in [0, 0.05) is 19.4 Å². The van der Waals surface area contributed by atoms with Crippen LogP contribution < -0.4 is 5.73 Å². The summed E-state index contributed by atoms with van der Waals surface area (Å²) in [7, 11) is -4.39. The summed E-state index contributed by atoms with van der Waals surface area (Å²) in [4.78, 5) is 35.0. The van der Waals surface area contributed by atoms with E-state index in [-0.39, 0.29) is 38.6 Å². The van der Waals surface area contributed by atoms with Gasteiger partial charge in [-0.2, -0.15) is 0 Å². The van der Waals surface area contributed by atoms with Crippen molar-refractivity contribution < 1.29 is 37.6 Å². The van der Waals surface area contributed by atoms with Crippen LogP contribution in [0, 0.1) is 0 Å². The maximum atomic E-state index is 12.6. The Morgan fingerprint density at radius 1 is 0.500 bits per heavy atom. The van der Waals surface area contributed by atoms with Crippen molar-refractivity contribution in [3.8, 4) is 0 Å². The number of allylic oxidation sites excluding steroid dienone is 6. The summed E-state index contributed by atoms with van der Waals surface area (Å²) in [6.07, 6.45) is 53.4. The van der Waals surface area contributed by atoms with Crippen molar-refractivity contribution in [2.45, 2.75) is 245 Å². The van der Waals surface area contributed by atoms with Gasteiger partial charge < -0.3 is 20.1 Å². The van der Waals surface area contributed by atoms with Crippen molar-refractivity contribution in [2.75, 3.05) is 26.4 Å². The first-order valence-corrected chi connectivity index (χ1v) is 26.5. The maximum Gasteiger partial charge on any atom is 0.472 e. The number of nitrogens with two attached hydrogens (primary N) is 1. The van der Waals surface area contributed by atoms with Crippen molar-refractivity contribution >= 4 is 19.8 Å². The molecule has 0 bridgehead atoms. The van der Waals surface area contributed by atoms with E-state index in [4.69, 9.17) is 24.3 Å². The number of unbranched alkanes of at least 4 members (excludes halogenated alkanes) is 28. The van der Waals surface area contributed by atoms with E-state index in [0.717, 1.165) is 44.9 Å². The zero-order chi connectivity index (χ0) is 43.9. The van der Waals surface area contributed by atoms with Gasteiger partial charge in [-0.15, -0.1) is 0 Å². The Hall–Kier alpha value is -1.77. The third kappa shape index (κ3) is 45.7. The SMILES string of the molecule is CCCCCCCC/C=C/C/C=C/C/C=C/CCCC(=O)O[C@H](COC(=O)CCCCCCCCCCCCCCCCCCCCCCCC)COP(=O)(O)OCCN. The Bertz CT molecular complexity index is 1080. The summed E-state index contributed by atoms with van der Waals surface area (Å²) in [6, 6.07) is 0. The molecule has 0 amide bonds. The molecule has 0 radical (unpaired) electrons. The highest BCUT2D eigenvalue weighted by molar-refractivity contribution is 7.47. The molecule has 352 valence electrons. The molecule has 0 aliphatic carbocycles. The summed E-state index contributed by atoms with van der Waals surface area (Å²) in [6.45, 7) is 3.70. The third-order valence-corrected chi connectivity index (χ3v) is 11.8. The van der Waals surface area contributed by atoms with Crippen LogP contribution >= 0.6 is 7.82 Å². The summed E-state index contributed by atoms with van der Waals surface area (Å²) < 4.78 is 32.8. The number of hydrogen-bond donors (Lipinski definition) is 2. The second-order valence-corrected chi connectivity index (χ2v) is 18.1. The fraction of sp³-hybridized carbons (Fsp3) is 0.840. The lowest BCUT2D eigenvalue weighted by Gasteiger charge is -2.19. The van der Waals surface area contributed by atoms with Crippen LogP contribution in [0.5, 0.6) is 0 Å². The van der Waals surface area contributed by atoms with E-state index < -0.39 is 26.5 Å². The van der Waals surface area contributed by atoms with Gasteiger partial charge in [-0.3, -0.25) is 18.6 Å². The molecule has 9 nitrogen and oxygen atoms in total. The van der Waals surface area contributed by atoms with Crippen LogP contribution in [-0.2, 0) is 32.7 Å². The molecule has 0 aliphatic heterocycles. The molecule has 60 heavy (non-hydrogen) atoms. The quantitative estimate of drug-likeness (QED) is 0.0265. The zero-order valence-corrected chi connectivity index (χ0v) is 39.8. The minimum Gasteiger partial charge on any atom is -0.462 e.